The van der Waals surface area contributed by atoms with Crippen molar-refractivity contribution in [3.8, 4) is 11.5 Å². The molecule has 0 aliphatic carbocycles. The number of pyridine rings is 1. The zero-order valence-electron chi connectivity index (χ0n) is 16.8. The number of aromatic nitrogens is 1. The lowest BCUT2D eigenvalue weighted by molar-refractivity contribution is -0.377. The maximum absolute atomic E-state index is 12.8. The molecule has 3 aromatic rings. The Bertz CT molecular complexity index is 1070. The molecule has 1 aromatic carbocycles. The lowest BCUT2D eigenvalue weighted by Gasteiger charge is -2.20. The molecule has 9 heteroatoms. The van der Waals surface area contributed by atoms with Gasteiger partial charge in [-0.05, 0) is 36.8 Å². The van der Waals surface area contributed by atoms with Crippen LogP contribution in [0.3, 0.4) is 0 Å². The first kappa shape index (κ1) is 23.1. The fourth-order valence-electron chi connectivity index (χ4n) is 2.96. The summed E-state index contributed by atoms with van der Waals surface area (Å²) < 4.78 is 16.8. The van der Waals surface area contributed by atoms with Crippen molar-refractivity contribution in [3.63, 3.8) is 0 Å². The van der Waals surface area contributed by atoms with E-state index in [0.29, 0.717) is 55.3 Å². The number of aromatic amines is 1. The van der Waals surface area contributed by atoms with Crippen LogP contribution in [0.15, 0.2) is 42.7 Å². The molecule has 0 fully saturated rings. The van der Waals surface area contributed by atoms with Gasteiger partial charge in [-0.3, -0.25) is 4.79 Å². The number of ether oxygens (including phenoxy) is 3. The number of aldehydes is 1. The molecule has 0 aliphatic heterocycles. The van der Waals surface area contributed by atoms with E-state index in [4.69, 9.17) is 37.4 Å². The largest absolute Gasteiger partial charge is 0.493 e. The summed E-state index contributed by atoms with van der Waals surface area (Å²) in [7, 11) is 1.55. The maximum atomic E-state index is 12.8. The molecular formula is C22H20Cl2NO5S+. The first-order chi connectivity index (χ1) is 15.0. The minimum absolute atomic E-state index is 0.238. The summed E-state index contributed by atoms with van der Waals surface area (Å²) in [5.41, 5.74) is 1.32. The highest BCUT2D eigenvalue weighted by molar-refractivity contribution is 7.15. The van der Waals surface area contributed by atoms with E-state index in [1.807, 2.05) is 6.92 Å². The molecule has 1 atom stereocenters. The minimum Gasteiger partial charge on any atom is -0.493 e. The van der Waals surface area contributed by atoms with Crippen LogP contribution < -0.4 is 14.5 Å². The van der Waals surface area contributed by atoms with Crippen molar-refractivity contribution in [1.82, 2.24) is 0 Å². The highest BCUT2D eigenvalue weighted by atomic mass is 35.5. The number of thiophene rings is 1. The molecule has 0 amide bonds. The molecule has 1 unspecified atom stereocenters. The number of H-pyrrole nitrogens is 1. The second kappa shape index (κ2) is 10.6. The quantitative estimate of drug-likeness (QED) is 0.309. The lowest BCUT2D eigenvalue weighted by atomic mass is 10.0. The standard InChI is InChI=1S/C22H19Cl2NO5S/c1-3-29-20-8-13(4-6-18(20)28-2)19(9-15-16(23)10-25-11-17(15)24)30-22(27)21-7-5-14(12-26)31-21/h4-8,10-12,19H,3,9H2,1-2H3/p+1. The first-order valence-corrected chi connectivity index (χ1v) is 10.9. The number of carbonyl (C=O) groups is 2. The average molecular weight is 481 g/mol. The highest BCUT2D eigenvalue weighted by Crippen LogP contribution is 2.35. The van der Waals surface area contributed by atoms with Crippen LogP contribution in [-0.2, 0) is 11.2 Å². The summed E-state index contributed by atoms with van der Waals surface area (Å²) in [5, 5.41) is 0.845. The van der Waals surface area contributed by atoms with Gasteiger partial charge >= 0.3 is 5.97 Å². The van der Waals surface area contributed by atoms with E-state index < -0.39 is 12.1 Å². The van der Waals surface area contributed by atoms with E-state index in [2.05, 4.69) is 4.98 Å². The topological polar surface area (TPSA) is 76.0 Å². The van der Waals surface area contributed by atoms with Crippen LogP contribution >= 0.6 is 34.5 Å². The van der Waals surface area contributed by atoms with Gasteiger partial charge < -0.3 is 14.2 Å². The predicted octanol–water partition coefficient (Wildman–Crippen LogP) is 5.23. The number of nitrogens with one attached hydrogen (secondary N) is 1. The Morgan fingerprint density at radius 2 is 1.90 bits per heavy atom. The number of methoxy groups -OCH3 is 1. The zero-order chi connectivity index (χ0) is 22.4. The van der Waals surface area contributed by atoms with Crippen molar-refractivity contribution >= 4 is 46.8 Å². The summed E-state index contributed by atoms with van der Waals surface area (Å²) in [6, 6.07) is 8.44. The molecule has 0 aliphatic rings. The van der Waals surface area contributed by atoms with Gasteiger partial charge in [0.15, 0.2) is 30.2 Å². The van der Waals surface area contributed by atoms with Crippen molar-refractivity contribution < 1.29 is 28.8 Å². The number of esters is 1. The predicted molar refractivity (Wildman–Crippen MR) is 119 cm³/mol. The second-order valence-electron chi connectivity index (χ2n) is 6.39. The Hall–Kier alpha value is -2.61. The fourth-order valence-corrected chi connectivity index (χ4v) is 4.20. The Morgan fingerprint density at radius 3 is 2.52 bits per heavy atom. The molecule has 3 rings (SSSR count). The summed E-state index contributed by atoms with van der Waals surface area (Å²) >= 11 is 13.7. The summed E-state index contributed by atoms with van der Waals surface area (Å²) in [6.45, 7) is 2.31. The number of rotatable bonds is 9. The van der Waals surface area contributed by atoms with Crippen LogP contribution in [0.25, 0.3) is 0 Å². The maximum Gasteiger partial charge on any atom is 0.348 e. The van der Waals surface area contributed by atoms with Crippen LogP contribution in [0.5, 0.6) is 11.5 Å². The fraction of sp³-hybridized carbons (Fsp3) is 0.227. The third kappa shape index (κ3) is 5.55. The number of halogens is 2. The molecule has 0 saturated heterocycles. The summed E-state index contributed by atoms with van der Waals surface area (Å²) in [5.74, 6) is 0.544. The van der Waals surface area contributed by atoms with E-state index >= 15 is 0 Å². The van der Waals surface area contributed by atoms with E-state index in [0.717, 1.165) is 11.3 Å². The van der Waals surface area contributed by atoms with Crippen molar-refractivity contribution in [1.29, 1.82) is 0 Å². The van der Waals surface area contributed by atoms with Gasteiger partial charge in [-0.1, -0.05) is 29.3 Å². The van der Waals surface area contributed by atoms with Crippen molar-refractivity contribution in [2.75, 3.05) is 13.7 Å². The molecule has 2 aromatic heterocycles. The molecule has 31 heavy (non-hydrogen) atoms. The highest BCUT2D eigenvalue weighted by Gasteiger charge is 2.24. The van der Waals surface area contributed by atoms with Crippen LogP contribution in [0.2, 0.25) is 10.0 Å². The third-order valence-electron chi connectivity index (χ3n) is 4.44. The second-order valence-corrected chi connectivity index (χ2v) is 8.32. The molecule has 1 N–H and O–H groups in total. The van der Waals surface area contributed by atoms with Crippen molar-refractivity contribution in [2.24, 2.45) is 0 Å². The monoisotopic (exact) mass is 480 g/mol. The third-order valence-corrected chi connectivity index (χ3v) is 6.10. The lowest BCUT2D eigenvalue weighted by Crippen LogP contribution is -2.15. The van der Waals surface area contributed by atoms with Crippen LogP contribution in [-0.4, -0.2) is 26.0 Å². The van der Waals surface area contributed by atoms with Gasteiger partial charge in [-0.15, -0.1) is 11.3 Å². The van der Waals surface area contributed by atoms with Gasteiger partial charge in [0.1, 0.15) is 21.0 Å². The van der Waals surface area contributed by atoms with Gasteiger partial charge in [-0.25, -0.2) is 9.78 Å². The SMILES string of the molecule is CCOc1cc(C(Cc2c(Cl)c[nH+]cc2Cl)OC(=O)c2ccc(C=O)s2)ccc1OC. The first-order valence-electron chi connectivity index (χ1n) is 9.37. The summed E-state index contributed by atoms with van der Waals surface area (Å²) in [6.07, 6.45) is 3.43. The van der Waals surface area contributed by atoms with Gasteiger partial charge in [-0.2, -0.15) is 0 Å². The minimum atomic E-state index is -0.711. The molecule has 162 valence electrons. The molecule has 0 bridgehead atoms. The molecule has 0 spiro atoms. The van der Waals surface area contributed by atoms with Crippen LogP contribution in [0.4, 0.5) is 0 Å². The van der Waals surface area contributed by atoms with Gasteiger partial charge in [0.2, 0.25) is 0 Å². The van der Waals surface area contributed by atoms with Crippen LogP contribution in [0.1, 0.15) is 43.5 Å². The molecule has 6 nitrogen and oxygen atoms in total. The van der Waals surface area contributed by atoms with Crippen molar-refractivity contribution in [2.45, 2.75) is 19.4 Å². The van der Waals surface area contributed by atoms with Gasteiger partial charge in [0.05, 0.1) is 18.6 Å². The van der Waals surface area contributed by atoms with E-state index in [1.54, 1.807) is 49.8 Å². The Kier molecular flexibility index (Phi) is 7.90. The average Bonchev–Trinajstić information content (AvgIpc) is 3.25. The van der Waals surface area contributed by atoms with Gasteiger partial charge in [0, 0.05) is 12.0 Å². The molecule has 2 heterocycles. The molecular weight excluding hydrogens is 461 g/mol. The smallest absolute Gasteiger partial charge is 0.348 e. The van der Waals surface area contributed by atoms with E-state index in [-0.39, 0.29) is 6.42 Å². The number of hydrogen-bond acceptors (Lipinski definition) is 6. The Balaban J connectivity index is 1.98. The number of carbonyl (C=O) groups excluding carboxylic acids is 2. The van der Waals surface area contributed by atoms with Crippen molar-refractivity contribution in [3.05, 3.63) is 73.7 Å². The van der Waals surface area contributed by atoms with E-state index in [1.165, 1.54) is 0 Å². The van der Waals surface area contributed by atoms with Crippen LogP contribution in [0, 0.1) is 0 Å². The Labute approximate surface area is 193 Å². The Morgan fingerprint density at radius 1 is 1.16 bits per heavy atom. The normalized spacial score (nSPS) is 11.6. The molecule has 0 radical (unpaired) electrons. The zero-order valence-corrected chi connectivity index (χ0v) is 19.1. The molecule has 0 saturated carbocycles. The summed E-state index contributed by atoms with van der Waals surface area (Å²) in [4.78, 5) is 27.4. The number of benzene rings is 1. The number of hydrogen-bond donors (Lipinski definition) is 0. The van der Waals surface area contributed by atoms with Gasteiger partial charge in [0.25, 0.3) is 0 Å². The van der Waals surface area contributed by atoms with E-state index in [9.17, 15) is 9.59 Å².